The standard InChI is InChI=1S/C31H42N2O14S2/c1-21(2)15-33(48(36,37)25-8-9-27-28(14-25)45-20-44-27)18-23(34)17-32(31(35)47-29-19-43-30-26(29)10-13-42-30)16-22-4-6-24(7-5-22)41-11-3-12-46-49(38,39)40/h4-9,14,21,23,26,29-30,34H,3,10-13,15-20H2,1-2H3,(H,38,39,40)/t23-,26+,29+,30-/m1/s1. The van der Waals surface area contributed by atoms with Gasteiger partial charge in [-0.1, -0.05) is 26.0 Å². The summed E-state index contributed by atoms with van der Waals surface area (Å²) in [7, 11) is -8.59. The molecule has 49 heavy (non-hydrogen) atoms. The topological polar surface area (TPSA) is 197 Å². The van der Waals surface area contributed by atoms with Gasteiger partial charge in [0.1, 0.15) is 11.9 Å². The summed E-state index contributed by atoms with van der Waals surface area (Å²) in [5, 5.41) is 11.3. The molecule has 0 spiro atoms. The predicted molar refractivity (Wildman–Crippen MR) is 171 cm³/mol. The van der Waals surface area contributed by atoms with E-state index in [0.717, 1.165) is 0 Å². The minimum absolute atomic E-state index is 0.00847. The van der Waals surface area contributed by atoms with Gasteiger partial charge in [0.2, 0.25) is 16.8 Å². The molecule has 2 saturated heterocycles. The van der Waals surface area contributed by atoms with Crippen LogP contribution in [0, 0.1) is 11.8 Å². The van der Waals surface area contributed by atoms with E-state index in [4.69, 9.17) is 33.0 Å². The van der Waals surface area contributed by atoms with E-state index in [0.29, 0.717) is 35.8 Å². The molecule has 0 saturated carbocycles. The third kappa shape index (κ3) is 10.2. The molecule has 2 aromatic carbocycles. The Bertz CT molecular complexity index is 1640. The van der Waals surface area contributed by atoms with Crippen LogP contribution >= 0.6 is 0 Å². The monoisotopic (exact) mass is 730 g/mol. The van der Waals surface area contributed by atoms with Gasteiger partial charge in [-0.15, -0.1) is 0 Å². The van der Waals surface area contributed by atoms with Gasteiger partial charge in [-0.2, -0.15) is 12.7 Å². The van der Waals surface area contributed by atoms with E-state index in [2.05, 4.69) is 4.18 Å². The summed E-state index contributed by atoms with van der Waals surface area (Å²) in [6.07, 6.45) is -2.08. The highest BCUT2D eigenvalue weighted by Crippen LogP contribution is 2.35. The van der Waals surface area contributed by atoms with Crippen molar-refractivity contribution in [2.75, 3.05) is 52.9 Å². The molecule has 4 atom stereocenters. The molecule has 2 fully saturated rings. The number of sulfonamides is 1. The van der Waals surface area contributed by atoms with Crippen LogP contribution in [0.25, 0.3) is 0 Å². The molecule has 3 aliphatic rings. The average molecular weight is 731 g/mol. The van der Waals surface area contributed by atoms with Gasteiger partial charge in [-0.3, -0.25) is 4.55 Å². The van der Waals surface area contributed by atoms with Crippen molar-refractivity contribution in [2.24, 2.45) is 11.8 Å². The van der Waals surface area contributed by atoms with Crippen molar-refractivity contribution >= 4 is 26.5 Å². The van der Waals surface area contributed by atoms with Gasteiger partial charge in [0.05, 0.1) is 49.9 Å². The summed E-state index contributed by atoms with van der Waals surface area (Å²) in [5.41, 5.74) is 0.669. The van der Waals surface area contributed by atoms with Gasteiger partial charge in [0, 0.05) is 32.1 Å². The number of benzene rings is 2. The van der Waals surface area contributed by atoms with Crippen molar-refractivity contribution < 1.29 is 63.9 Å². The van der Waals surface area contributed by atoms with Crippen molar-refractivity contribution in [3.8, 4) is 17.2 Å². The van der Waals surface area contributed by atoms with Crippen LogP contribution in [0.1, 0.15) is 32.3 Å². The zero-order valence-corrected chi connectivity index (χ0v) is 28.8. The van der Waals surface area contributed by atoms with E-state index < -0.39 is 45.0 Å². The van der Waals surface area contributed by atoms with Gasteiger partial charge in [0.25, 0.3) is 0 Å². The van der Waals surface area contributed by atoms with Crippen LogP contribution in [-0.2, 0) is 45.4 Å². The number of hydrogen-bond donors (Lipinski definition) is 2. The number of rotatable bonds is 17. The summed E-state index contributed by atoms with van der Waals surface area (Å²) in [4.78, 5) is 14.9. The predicted octanol–water partition coefficient (Wildman–Crippen LogP) is 2.41. The Balaban J connectivity index is 1.27. The lowest BCUT2D eigenvalue weighted by Gasteiger charge is -2.30. The average Bonchev–Trinajstić information content (AvgIpc) is 3.79. The molecule has 272 valence electrons. The third-order valence-electron chi connectivity index (χ3n) is 7.98. The van der Waals surface area contributed by atoms with Gasteiger partial charge in [-0.05, 0) is 42.2 Å². The normalized spacial score (nSPS) is 20.8. The Morgan fingerprint density at radius 3 is 2.47 bits per heavy atom. The number of carbonyl (C=O) groups is 1. The first-order chi connectivity index (χ1) is 23.3. The molecule has 0 unspecified atom stereocenters. The van der Waals surface area contributed by atoms with E-state index in [-0.39, 0.29) is 75.9 Å². The second kappa shape index (κ2) is 16.2. The van der Waals surface area contributed by atoms with Crippen LogP contribution in [0.2, 0.25) is 0 Å². The zero-order chi connectivity index (χ0) is 35.2. The number of amides is 1. The van der Waals surface area contributed by atoms with Crippen molar-refractivity contribution in [1.82, 2.24) is 9.21 Å². The van der Waals surface area contributed by atoms with Crippen LogP contribution in [-0.4, -0.2) is 113 Å². The Kier molecular flexibility index (Phi) is 12.2. The molecule has 18 heteroatoms. The van der Waals surface area contributed by atoms with Crippen LogP contribution in [0.5, 0.6) is 17.2 Å². The molecule has 3 heterocycles. The number of aliphatic hydroxyl groups is 1. The summed E-state index contributed by atoms with van der Waals surface area (Å²) < 4.78 is 96.3. The summed E-state index contributed by atoms with van der Waals surface area (Å²) in [5.74, 6) is 1.04. The van der Waals surface area contributed by atoms with Crippen LogP contribution in [0.15, 0.2) is 47.4 Å². The second-order valence-corrected chi connectivity index (χ2v) is 15.3. The highest BCUT2D eigenvalue weighted by atomic mass is 32.3. The lowest BCUT2D eigenvalue weighted by molar-refractivity contribution is -0.0907. The summed E-state index contributed by atoms with van der Waals surface area (Å²) in [6.45, 7) is 3.87. The maximum atomic E-state index is 13.8. The fourth-order valence-corrected chi connectivity index (χ4v) is 7.68. The molecule has 2 aromatic rings. The van der Waals surface area contributed by atoms with E-state index in [1.807, 2.05) is 13.8 Å². The first-order valence-corrected chi connectivity index (χ1v) is 18.7. The Morgan fingerprint density at radius 2 is 1.73 bits per heavy atom. The van der Waals surface area contributed by atoms with Crippen molar-refractivity contribution in [3.63, 3.8) is 0 Å². The van der Waals surface area contributed by atoms with Gasteiger partial charge < -0.3 is 38.4 Å². The van der Waals surface area contributed by atoms with Gasteiger partial charge in [0.15, 0.2) is 17.8 Å². The SMILES string of the molecule is CC(C)CN(C[C@H](O)CN(Cc1ccc(OCCCOS(=O)(=O)O)cc1)C(=O)O[C@H]1CO[C@H]2OCC[C@H]21)S(=O)(=O)c1ccc2c(c1)OCO2. The first kappa shape index (κ1) is 37.0. The van der Waals surface area contributed by atoms with Crippen LogP contribution in [0.4, 0.5) is 4.79 Å². The van der Waals surface area contributed by atoms with E-state index >= 15 is 0 Å². The van der Waals surface area contributed by atoms with Crippen LogP contribution in [0.3, 0.4) is 0 Å². The number of nitrogens with zero attached hydrogens (tertiary/aromatic N) is 2. The number of fused-ring (bicyclic) bond motifs is 2. The molecule has 1 amide bonds. The van der Waals surface area contributed by atoms with E-state index in [1.54, 1.807) is 24.3 Å². The Hall–Kier alpha value is -3.23. The van der Waals surface area contributed by atoms with Gasteiger partial charge in [-0.25, -0.2) is 17.4 Å². The second-order valence-electron chi connectivity index (χ2n) is 12.3. The molecule has 16 nitrogen and oxygen atoms in total. The fourth-order valence-electron chi connectivity index (χ4n) is 5.69. The maximum Gasteiger partial charge on any atom is 0.410 e. The van der Waals surface area contributed by atoms with Crippen molar-refractivity contribution in [1.29, 1.82) is 0 Å². The number of hydrogen-bond acceptors (Lipinski definition) is 13. The largest absolute Gasteiger partial charge is 0.494 e. The lowest BCUT2D eigenvalue weighted by atomic mass is 10.0. The summed E-state index contributed by atoms with van der Waals surface area (Å²) in [6, 6.07) is 11.1. The fraction of sp³-hybridized carbons (Fsp3) is 0.581. The molecular weight excluding hydrogens is 688 g/mol. The third-order valence-corrected chi connectivity index (χ3v) is 10.3. The molecular formula is C31H42N2O14S2. The lowest BCUT2D eigenvalue weighted by Crippen LogP contribution is -2.46. The number of carbonyl (C=O) groups excluding carboxylic acids is 1. The van der Waals surface area contributed by atoms with Crippen molar-refractivity contribution in [2.45, 2.75) is 56.6 Å². The highest BCUT2D eigenvalue weighted by molar-refractivity contribution is 7.89. The molecule has 5 rings (SSSR count). The van der Waals surface area contributed by atoms with Gasteiger partial charge >= 0.3 is 16.5 Å². The number of aliphatic hydroxyl groups excluding tert-OH is 1. The molecule has 0 radical (unpaired) electrons. The molecule has 0 bridgehead atoms. The Morgan fingerprint density at radius 1 is 0.980 bits per heavy atom. The minimum atomic E-state index is -4.52. The zero-order valence-electron chi connectivity index (χ0n) is 27.2. The minimum Gasteiger partial charge on any atom is -0.494 e. The quantitative estimate of drug-likeness (QED) is 0.178. The first-order valence-electron chi connectivity index (χ1n) is 15.9. The molecule has 0 aliphatic carbocycles. The maximum absolute atomic E-state index is 13.8. The molecule has 0 aromatic heterocycles. The van der Waals surface area contributed by atoms with Crippen LogP contribution < -0.4 is 14.2 Å². The summed E-state index contributed by atoms with van der Waals surface area (Å²) >= 11 is 0. The molecule has 3 aliphatic heterocycles. The Labute approximate surface area is 285 Å². The molecule has 2 N–H and O–H groups in total. The highest BCUT2D eigenvalue weighted by Gasteiger charge is 2.44. The van der Waals surface area contributed by atoms with E-state index in [1.165, 1.54) is 27.4 Å². The van der Waals surface area contributed by atoms with E-state index in [9.17, 15) is 26.7 Å². The van der Waals surface area contributed by atoms with Crippen molar-refractivity contribution in [3.05, 3.63) is 48.0 Å². The smallest absolute Gasteiger partial charge is 0.410 e. The number of ether oxygens (including phenoxy) is 6.